The van der Waals surface area contributed by atoms with Crippen molar-refractivity contribution in [3.05, 3.63) is 0 Å². The van der Waals surface area contributed by atoms with Crippen molar-refractivity contribution in [2.75, 3.05) is 26.2 Å². The molecule has 2 saturated heterocycles. The number of carbonyl (C=O) groups is 3. The number of carbonyl (C=O) groups excluding carboxylic acids is 3. The minimum Gasteiger partial charge on any atom is -0.444 e. The van der Waals surface area contributed by atoms with Crippen LogP contribution in [0.5, 0.6) is 0 Å². The molecule has 0 spiro atoms. The maximum atomic E-state index is 11.5. The van der Waals surface area contributed by atoms with Gasteiger partial charge in [0.25, 0.3) is 0 Å². The zero-order chi connectivity index (χ0) is 21.0. The Hall–Kier alpha value is -2.03. The van der Waals surface area contributed by atoms with E-state index < -0.39 is 11.2 Å². The van der Waals surface area contributed by atoms with E-state index >= 15 is 0 Å². The predicted molar refractivity (Wildman–Crippen MR) is 101 cm³/mol. The first-order valence-corrected chi connectivity index (χ1v) is 9.15. The zero-order valence-electron chi connectivity index (χ0n) is 17.5. The number of amides is 3. The molecule has 3 amide bonds. The summed E-state index contributed by atoms with van der Waals surface area (Å²) in [4.78, 5) is 36.6. The molecule has 3 N–H and O–H groups in total. The highest BCUT2D eigenvalue weighted by Crippen LogP contribution is 2.15. The molecular weight excluding hydrogens is 352 g/mol. The summed E-state index contributed by atoms with van der Waals surface area (Å²) >= 11 is 0. The van der Waals surface area contributed by atoms with Crippen molar-refractivity contribution >= 4 is 18.1 Å². The summed E-state index contributed by atoms with van der Waals surface area (Å²) < 4.78 is 10.3. The Morgan fingerprint density at radius 1 is 0.852 bits per heavy atom. The molecule has 9 nitrogen and oxygen atoms in total. The maximum Gasteiger partial charge on any atom is 0.410 e. The van der Waals surface area contributed by atoms with E-state index in [4.69, 9.17) is 15.2 Å². The van der Waals surface area contributed by atoms with Crippen LogP contribution in [-0.2, 0) is 14.3 Å². The molecule has 0 aromatic rings. The third-order valence-corrected chi connectivity index (χ3v) is 3.50. The zero-order valence-corrected chi connectivity index (χ0v) is 17.5. The Bertz CT molecular complexity index is 541. The van der Waals surface area contributed by atoms with Gasteiger partial charge in [-0.2, -0.15) is 0 Å². The van der Waals surface area contributed by atoms with Gasteiger partial charge in [-0.3, -0.25) is 4.79 Å². The summed E-state index contributed by atoms with van der Waals surface area (Å²) in [6, 6.07) is 0.215. The molecule has 0 aromatic heterocycles. The molecule has 27 heavy (non-hydrogen) atoms. The first-order valence-electron chi connectivity index (χ1n) is 9.15. The van der Waals surface area contributed by atoms with E-state index in [0.29, 0.717) is 26.2 Å². The third-order valence-electron chi connectivity index (χ3n) is 3.50. The van der Waals surface area contributed by atoms with Crippen molar-refractivity contribution in [2.24, 2.45) is 5.73 Å². The highest BCUT2D eigenvalue weighted by molar-refractivity contribution is 5.74. The number of ether oxygens (including phenoxy) is 2. The van der Waals surface area contributed by atoms with Crippen LogP contribution in [-0.4, -0.2) is 77.4 Å². The number of hydrogen-bond acceptors (Lipinski definition) is 6. The van der Waals surface area contributed by atoms with Crippen LogP contribution in [0.2, 0.25) is 0 Å². The maximum absolute atomic E-state index is 11.5. The van der Waals surface area contributed by atoms with Gasteiger partial charge in [0, 0.05) is 39.1 Å². The van der Waals surface area contributed by atoms with Crippen molar-refractivity contribution in [3.8, 4) is 0 Å². The smallest absolute Gasteiger partial charge is 0.410 e. The number of nitrogens with one attached hydrogen (secondary N) is 1. The van der Waals surface area contributed by atoms with Crippen LogP contribution >= 0.6 is 0 Å². The molecular formula is C18H34N4O5. The number of nitrogens with zero attached hydrogens (tertiary/aromatic N) is 2. The standard InChI is InChI=1S/C10H18N2O3.C8H16N2O2/c1-7(13)11-8-5-12(6-8)9(14)15-10(2,3)4;1-8(2,3)12-7(11)10-4-6(9)5-10/h8H,5-6H2,1-4H3,(H,11,13);6H,4-5,9H2,1-3H3. The van der Waals surface area contributed by atoms with E-state index in [9.17, 15) is 14.4 Å². The van der Waals surface area contributed by atoms with E-state index in [0.717, 1.165) is 0 Å². The van der Waals surface area contributed by atoms with E-state index in [2.05, 4.69) is 5.32 Å². The van der Waals surface area contributed by atoms with Crippen molar-refractivity contribution in [1.82, 2.24) is 15.1 Å². The molecule has 2 heterocycles. The fourth-order valence-electron chi connectivity index (χ4n) is 2.32. The average Bonchev–Trinajstić information content (AvgIpc) is 2.35. The minimum atomic E-state index is -0.462. The quantitative estimate of drug-likeness (QED) is 0.702. The van der Waals surface area contributed by atoms with Crippen LogP contribution in [0.4, 0.5) is 9.59 Å². The van der Waals surface area contributed by atoms with Gasteiger partial charge in [0.05, 0.1) is 6.04 Å². The van der Waals surface area contributed by atoms with Gasteiger partial charge < -0.3 is 30.3 Å². The summed E-state index contributed by atoms with van der Waals surface area (Å²) in [6.07, 6.45) is -0.576. The molecule has 9 heteroatoms. The largest absolute Gasteiger partial charge is 0.444 e. The first-order chi connectivity index (χ1) is 12.2. The van der Waals surface area contributed by atoms with Gasteiger partial charge in [-0.1, -0.05) is 0 Å². The van der Waals surface area contributed by atoms with E-state index in [1.165, 1.54) is 6.92 Å². The lowest BCUT2D eigenvalue weighted by Crippen LogP contribution is -2.61. The Balaban J connectivity index is 0.000000277. The third kappa shape index (κ3) is 8.94. The molecule has 0 radical (unpaired) electrons. The van der Waals surface area contributed by atoms with Gasteiger partial charge in [0.2, 0.25) is 5.91 Å². The van der Waals surface area contributed by atoms with E-state index in [1.54, 1.807) is 9.80 Å². The second-order valence-corrected chi connectivity index (χ2v) is 8.93. The summed E-state index contributed by atoms with van der Waals surface area (Å²) in [6.45, 7) is 14.8. The fraction of sp³-hybridized carbons (Fsp3) is 0.833. The van der Waals surface area contributed by atoms with Crippen molar-refractivity contribution in [3.63, 3.8) is 0 Å². The van der Waals surface area contributed by atoms with Gasteiger partial charge in [-0.05, 0) is 41.5 Å². The number of likely N-dealkylation sites (tertiary alicyclic amines) is 2. The van der Waals surface area contributed by atoms with Crippen LogP contribution in [0.3, 0.4) is 0 Å². The molecule has 2 aliphatic heterocycles. The van der Waals surface area contributed by atoms with Gasteiger partial charge in [0.1, 0.15) is 11.2 Å². The molecule has 0 aromatic carbocycles. The summed E-state index contributed by atoms with van der Waals surface area (Å²) in [5.74, 6) is -0.0659. The molecule has 156 valence electrons. The minimum absolute atomic E-state index is 0.0659. The summed E-state index contributed by atoms with van der Waals surface area (Å²) in [5.41, 5.74) is 4.65. The Morgan fingerprint density at radius 3 is 1.52 bits per heavy atom. The molecule has 2 rings (SSSR count). The Kier molecular flexibility index (Phi) is 7.48. The van der Waals surface area contributed by atoms with Crippen molar-refractivity contribution in [1.29, 1.82) is 0 Å². The summed E-state index contributed by atoms with van der Waals surface area (Å²) in [7, 11) is 0. The SMILES string of the molecule is CC(=O)NC1CN(C(=O)OC(C)(C)C)C1.CC(C)(C)OC(=O)N1CC(N)C1. The molecule has 0 bridgehead atoms. The van der Waals surface area contributed by atoms with Crippen LogP contribution in [0.25, 0.3) is 0 Å². The van der Waals surface area contributed by atoms with Crippen molar-refractivity contribution < 1.29 is 23.9 Å². The van der Waals surface area contributed by atoms with Crippen LogP contribution in [0.1, 0.15) is 48.5 Å². The Morgan fingerprint density at radius 2 is 1.22 bits per heavy atom. The topological polar surface area (TPSA) is 114 Å². The van der Waals surface area contributed by atoms with Crippen LogP contribution in [0, 0.1) is 0 Å². The molecule has 0 saturated carbocycles. The lowest BCUT2D eigenvalue weighted by Gasteiger charge is -2.39. The van der Waals surface area contributed by atoms with E-state index in [1.807, 2.05) is 41.5 Å². The van der Waals surface area contributed by atoms with Gasteiger partial charge >= 0.3 is 12.2 Å². The second kappa shape index (κ2) is 8.77. The average molecular weight is 386 g/mol. The molecule has 2 fully saturated rings. The Labute approximate surface area is 161 Å². The lowest BCUT2D eigenvalue weighted by atomic mass is 10.1. The monoisotopic (exact) mass is 386 g/mol. The number of rotatable bonds is 1. The van der Waals surface area contributed by atoms with Crippen molar-refractivity contribution in [2.45, 2.75) is 71.8 Å². The lowest BCUT2D eigenvalue weighted by molar-refractivity contribution is -0.120. The van der Waals surface area contributed by atoms with Gasteiger partial charge in [-0.15, -0.1) is 0 Å². The number of hydrogen-bond donors (Lipinski definition) is 2. The summed E-state index contributed by atoms with van der Waals surface area (Å²) in [5, 5.41) is 2.74. The molecule has 0 aliphatic carbocycles. The molecule has 0 unspecified atom stereocenters. The highest BCUT2D eigenvalue weighted by atomic mass is 16.6. The highest BCUT2D eigenvalue weighted by Gasteiger charge is 2.34. The fourth-order valence-corrected chi connectivity index (χ4v) is 2.32. The molecule has 2 aliphatic rings. The van der Waals surface area contributed by atoms with Gasteiger partial charge in [-0.25, -0.2) is 9.59 Å². The normalized spacial score (nSPS) is 17.8. The first kappa shape index (κ1) is 23.0. The second-order valence-electron chi connectivity index (χ2n) is 8.93. The molecule has 0 atom stereocenters. The van der Waals surface area contributed by atoms with Crippen LogP contribution in [0.15, 0.2) is 0 Å². The van der Waals surface area contributed by atoms with E-state index in [-0.39, 0.29) is 30.2 Å². The predicted octanol–water partition coefficient (Wildman–Crippen LogP) is 1.31. The number of nitrogens with two attached hydrogens (primary N) is 1. The van der Waals surface area contributed by atoms with Gasteiger partial charge in [0.15, 0.2) is 0 Å². The van der Waals surface area contributed by atoms with Crippen LogP contribution < -0.4 is 11.1 Å².